The highest BCUT2D eigenvalue weighted by Crippen LogP contribution is 2.36. The lowest BCUT2D eigenvalue weighted by Crippen LogP contribution is -2.49. The Kier molecular flexibility index (Phi) is 4.51. The lowest BCUT2D eigenvalue weighted by molar-refractivity contribution is -0.131. The monoisotopic (exact) mass is 348 g/mol. The lowest BCUT2D eigenvalue weighted by Gasteiger charge is -2.41. The molecule has 2 heterocycles. The Labute approximate surface area is 154 Å². The number of benzene rings is 2. The Morgan fingerprint density at radius 3 is 2.58 bits per heavy atom. The van der Waals surface area contributed by atoms with Crippen molar-refractivity contribution in [1.82, 2.24) is 4.90 Å². The van der Waals surface area contributed by atoms with Crippen LogP contribution in [0.3, 0.4) is 0 Å². The molecular formula is C22H24N2O2. The van der Waals surface area contributed by atoms with E-state index < -0.39 is 0 Å². The van der Waals surface area contributed by atoms with Crippen LogP contribution in [0.1, 0.15) is 17.5 Å². The second-order valence-corrected chi connectivity index (χ2v) is 7.06. The van der Waals surface area contributed by atoms with Crippen molar-refractivity contribution in [3.05, 3.63) is 77.0 Å². The summed E-state index contributed by atoms with van der Waals surface area (Å²) >= 11 is 0. The number of fused-ring (bicyclic) bond motifs is 1. The zero-order valence-corrected chi connectivity index (χ0v) is 15.1. The molecule has 0 aliphatic carbocycles. The van der Waals surface area contributed by atoms with Crippen molar-refractivity contribution < 1.29 is 9.90 Å². The van der Waals surface area contributed by atoms with Gasteiger partial charge in [0.2, 0.25) is 0 Å². The molecule has 2 aliphatic heterocycles. The van der Waals surface area contributed by atoms with Gasteiger partial charge < -0.3 is 14.9 Å². The molecule has 0 spiro atoms. The van der Waals surface area contributed by atoms with E-state index in [4.69, 9.17) is 0 Å². The fourth-order valence-electron chi connectivity index (χ4n) is 4.15. The van der Waals surface area contributed by atoms with Gasteiger partial charge in [-0.3, -0.25) is 4.79 Å². The molecule has 0 fully saturated rings. The second-order valence-electron chi connectivity index (χ2n) is 7.06. The van der Waals surface area contributed by atoms with E-state index >= 15 is 0 Å². The number of nitrogens with zero attached hydrogens (tertiary/aromatic N) is 2. The number of carbonyl (C=O) groups excluding carboxylic acids is 1. The molecular weight excluding hydrogens is 324 g/mol. The number of carbonyl (C=O) groups is 1. The number of para-hydroxylation sites is 1. The van der Waals surface area contributed by atoms with Crippen LogP contribution in [-0.4, -0.2) is 42.2 Å². The number of anilines is 1. The van der Waals surface area contributed by atoms with Crippen LogP contribution < -0.4 is 4.90 Å². The Hall–Kier alpha value is -2.59. The first-order chi connectivity index (χ1) is 12.7. The van der Waals surface area contributed by atoms with E-state index in [-0.39, 0.29) is 18.6 Å². The topological polar surface area (TPSA) is 43.8 Å². The van der Waals surface area contributed by atoms with Crippen LogP contribution in [0.25, 0.3) is 0 Å². The summed E-state index contributed by atoms with van der Waals surface area (Å²) in [7, 11) is 2.05. The van der Waals surface area contributed by atoms with Crippen LogP contribution in [0.15, 0.2) is 65.9 Å². The zero-order valence-electron chi connectivity index (χ0n) is 15.1. The number of hydrogen-bond donors (Lipinski definition) is 1. The largest absolute Gasteiger partial charge is 0.394 e. The average molecular weight is 348 g/mol. The molecule has 2 aromatic carbocycles. The summed E-state index contributed by atoms with van der Waals surface area (Å²) in [6.45, 7) is 0.637. The summed E-state index contributed by atoms with van der Waals surface area (Å²) in [5.41, 5.74) is 5.53. The first-order valence-corrected chi connectivity index (χ1v) is 9.18. The maximum absolute atomic E-state index is 13.2. The molecule has 4 rings (SSSR count). The van der Waals surface area contributed by atoms with E-state index in [1.165, 1.54) is 11.3 Å². The van der Waals surface area contributed by atoms with E-state index in [0.29, 0.717) is 19.4 Å². The van der Waals surface area contributed by atoms with Gasteiger partial charge in [-0.2, -0.15) is 0 Å². The predicted octanol–water partition coefficient (Wildman–Crippen LogP) is 2.77. The fourth-order valence-corrected chi connectivity index (χ4v) is 4.15. The standard InChI is InChI=1S/C22H24N2O2/c1-23-20-10-6-5-9-17(20)14-19-21(23)11-12-24(22(19)26)18(15-25)13-16-7-3-2-4-8-16/h2-10,18,25H,11-15H2,1H3/t18-/m0/s1. The summed E-state index contributed by atoms with van der Waals surface area (Å²) < 4.78 is 0. The number of rotatable bonds is 4. The SMILES string of the molecule is CN1C2=C(Cc3ccccc31)C(=O)N([C@H](CO)Cc1ccccc1)CC2. The van der Waals surface area contributed by atoms with E-state index in [2.05, 4.69) is 17.0 Å². The summed E-state index contributed by atoms with van der Waals surface area (Å²) in [6, 6.07) is 18.2. The minimum Gasteiger partial charge on any atom is -0.394 e. The molecule has 4 heteroatoms. The maximum Gasteiger partial charge on any atom is 0.252 e. The van der Waals surface area contributed by atoms with Gasteiger partial charge in [0.05, 0.1) is 12.6 Å². The summed E-state index contributed by atoms with van der Waals surface area (Å²) in [5.74, 6) is 0.0718. The normalized spacial score (nSPS) is 17.8. The second kappa shape index (κ2) is 6.96. The molecule has 1 atom stereocenters. The molecule has 0 radical (unpaired) electrons. The minimum absolute atomic E-state index is 0.0182. The van der Waals surface area contributed by atoms with Crippen molar-refractivity contribution in [3.63, 3.8) is 0 Å². The van der Waals surface area contributed by atoms with E-state index in [1.807, 2.05) is 54.4 Å². The molecule has 2 aliphatic rings. The quantitative estimate of drug-likeness (QED) is 0.924. The molecule has 0 aromatic heterocycles. The Bertz CT molecular complexity index is 844. The number of aliphatic hydroxyl groups is 1. The first-order valence-electron chi connectivity index (χ1n) is 9.18. The van der Waals surface area contributed by atoms with Crippen LogP contribution in [0.4, 0.5) is 5.69 Å². The number of amides is 1. The van der Waals surface area contributed by atoms with Gasteiger partial charge >= 0.3 is 0 Å². The molecule has 1 N–H and O–H groups in total. The average Bonchev–Trinajstić information content (AvgIpc) is 2.68. The van der Waals surface area contributed by atoms with Crippen molar-refractivity contribution in [2.45, 2.75) is 25.3 Å². The van der Waals surface area contributed by atoms with Gasteiger partial charge in [-0.05, 0) is 23.6 Å². The Morgan fingerprint density at radius 2 is 1.81 bits per heavy atom. The van der Waals surface area contributed by atoms with Crippen LogP contribution >= 0.6 is 0 Å². The molecule has 134 valence electrons. The highest BCUT2D eigenvalue weighted by molar-refractivity contribution is 5.97. The Morgan fingerprint density at radius 1 is 1.08 bits per heavy atom. The molecule has 0 saturated carbocycles. The molecule has 0 bridgehead atoms. The van der Waals surface area contributed by atoms with Crippen molar-refractivity contribution >= 4 is 11.6 Å². The highest BCUT2D eigenvalue weighted by atomic mass is 16.3. The van der Waals surface area contributed by atoms with Gasteiger partial charge in [0.15, 0.2) is 0 Å². The fraction of sp³-hybridized carbons (Fsp3) is 0.318. The first kappa shape index (κ1) is 16.9. The third-order valence-corrected chi connectivity index (χ3v) is 5.55. The lowest BCUT2D eigenvalue weighted by atomic mass is 9.90. The van der Waals surface area contributed by atoms with Crippen molar-refractivity contribution in [1.29, 1.82) is 0 Å². The van der Waals surface area contributed by atoms with Crippen LogP contribution in [0.2, 0.25) is 0 Å². The van der Waals surface area contributed by atoms with Gasteiger partial charge in [0.1, 0.15) is 0 Å². The van der Waals surface area contributed by atoms with Gasteiger partial charge in [-0.25, -0.2) is 0 Å². The summed E-state index contributed by atoms with van der Waals surface area (Å²) in [5, 5.41) is 9.94. The highest BCUT2D eigenvalue weighted by Gasteiger charge is 2.35. The van der Waals surface area contributed by atoms with Crippen molar-refractivity contribution in [3.8, 4) is 0 Å². The summed E-state index contributed by atoms with van der Waals surface area (Å²) in [6.07, 6.45) is 2.18. The van der Waals surface area contributed by atoms with Gasteiger partial charge in [0.25, 0.3) is 5.91 Å². The molecule has 1 amide bonds. The van der Waals surface area contributed by atoms with Crippen LogP contribution in [-0.2, 0) is 17.6 Å². The van der Waals surface area contributed by atoms with E-state index in [1.54, 1.807) is 0 Å². The zero-order chi connectivity index (χ0) is 18.1. The number of hydrogen-bond acceptors (Lipinski definition) is 3. The molecule has 2 aromatic rings. The van der Waals surface area contributed by atoms with Crippen LogP contribution in [0, 0.1) is 0 Å². The third kappa shape index (κ3) is 2.90. The molecule has 0 saturated heterocycles. The van der Waals surface area contributed by atoms with Crippen molar-refractivity contribution in [2.24, 2.45) is 0 Å². The third-order valence-electron chi connectivity index (χ3n) is 5.55. The summed E-state index contributed by atoms with van der Waals surface area (Å²) in [4.78, 5) is 17.3. The Balaban J connectivity index is 1.60. The molecule has 0 unspecified atom stereocenters. The smallest absolute Gasteiger partial charge is 0.252 e. The van der Waals surface area contributed by atoms with Gasteiger partial charge in [0, 0.05) is 43.4 Å². The minimum atomic E-state index is -0.179. The van der Waals surface area contributed by atoms with Gasteiger partial charge in [-0.15, -0.1) is 0 Å². The molecule has 4 nitrogen and oxygen atoms in total. The molecule has 26 heavy (non-hydrogen) atoms. The van der Waals surface area contributed by atoms with E-state index in [9.17, 15) is 9.90 Å². The maximum atomic E-state index is 13.2. The number of aliphatic hydroxyl groups excluding tert-OH is 1. The van der Waals surface area contributed by atoms with Crippen LogP contribution in [0.5, 0.6) is 0 Å². The van der Waals surface area contributed by atoms with Crippen molar-refractivity contribution in [2.75, 3.05) is 25.1 Å². The van der Waals surface area contributed by atoms with E-state index in [0.717, 1.165) is 23.3 Å². The predicted molar refractivity (Wildman–Crippen MR) is 103 cm³/mol. The van der Waals surface area contributed by atoms with Gasteiger partial charge in [-0.1, -0.05) is 48.5 Å².